The van der Waals surface area contributed by atoms with Gasteiger partial charge in [-0.05, 0) is 0 Å². The molecule has 0 atom stereocenters. The summed E-state index contributed by atoms with van der Waals surface area (Å²) in [5.74, 6) is 0.409. The first-order valence-corrected chi connectivity index (χ1v) is 10.7. The molecule has 0 aliphatic carbocycles. The maximum absolute atomic E-state index is 13.0. The molecule has 1 N–H and O–H groups in total. The number of rotatable bonds is 5. The Balaban J connectivity index is 1.61. The molecule has 1 amide bonds. The Morgan fingerprint density at radius 3 is 2.62 bits per heavy atom. The molecule has 0 radical (unpaired) electrons. The Morgan fingerprint density at radius 2 is 1.83 bits per heavy atom. The van der Waals surface area contributed by atoms with Crippen molar-refractivity contribution in [3.8, 4) is 27.0 Å². The molecule has 6 nitrogen and oxygen atoms in total. The average molecular weight is 470 g/mol. The fourth-order valence-electron chi connectivity index (χ4n) is 2.82. The van der Waals surface area contributed by atoms with Gasteiger partial charge in [0, 0.05) is 0 Å². The third-order valence-electron chi connectivity index (χ3n) is 4.20. The number of benzene rings is 2. The zero-order valence-corrected chi connectivity index (χ0v) is 17.8. The van der Waals surface area contributed by atoms with Crippen LogP contribution in [0.25, 0.3) is 21.3 Å². The van der Waals surface area contributed by atoms with Crippen LogP contribution in [-0.2, 0) is 0 Å². The summed E-state index contributed by atoms with van der Waals surface area (Å²) >= 11 is 5.73. The van der Waals surface area contributed by atoms with E-state index in [2.05, 4.69) is 20.5 Å². The molecule has 4 aromatic rings. The van der Waals surface area contributed by atoms with Crippen LogP contribution >= 0.6 is 11.6 Å². The van der Waals surface area contributed by atoms with E-state index >= 15 is 0 Å². The summed E-state index contributed by atoms with van der Waals surface area (Å²) in [6.45, 7) is 0. The first kappa shape index (κ1) is 19.3. The molecule has 0 saturated heterocycles. The van der Waals surface area contributed by atoms with Crippen molar-refractivity contribution in [3.05, 3.63) is 77.6 Å². The number of pyridine rings is 1. The predicted molar refractivity (Wildman–Crippen MR) is 114 cm³/mol. The van der Waals surface area contributed by atoms with Gasteiger partial charge in [0.15, 0.2) is 0 Å². The van der Waals surface area contributed by atoms with Crippen LogP contribution < -0.4 is 10.1 Å². The van der Waals surface area contributed by atoms with Crippen molar-refractivity contribution in [3.63, 3.8) is 0 Å². The zero-order chi connectivity index (χ0) is 20.2. The molecule has 2 aromatic carbocycles. The van der Waals surface area contributed by atoms with Crippen molar-refractivity contribution in [2.75, 3.05) is 12.4 Å². The summed E-state index contributed by atoms with van der Waals surface area (Å²) in [4.78, 5) is 17.1. The first-order chi connectivity index (χ1) is 14.2. The molecule has 4 rings (SSSR count). The summed E-state index contributed by atoms with van der Waals surface area (Å²) in [6.07, 6.45) is 3.25. The fourth-order valence-corrected chi connectivity index (χ4v) is 4.51. The minimum atomic E-state index is -0.263. The van der Waals surface area contributed by atoms with Gasteiger partial charge in [-0.3, -0.25) is 0 Å². The molecule has 2 aromatic heterocycles. The minimum absolute atomic E-state index is 0.207. The van der Waals surface area contributed by atoms with E-state index in [9.17, 15) is 4.79 Å². The standard InChI is InChI=1S/C21H15ClN4O2Se/c1-28-18-5-3-2-4-15(18)17-12-23-11-10-16(17)19(27)24-21-26-25-20(29-21)13-6-8-14(22)9-7-13/h2-12H,1H3,(H,24,26,27). The molecular formula is C21H15ClN4O2Se. The predicted octanol–water partition coefficient (Wildman–Crippen LogP) is 4.18. The van der Waals surface area contributed by atoms with Crippen LogP contribution in [0, 0.1) is 0 Å². The summed E-state index contributed by atoms with van der Waals surface area (Å²) < 4.78 is 6.82. The summed E-state index contributed by atoms with van der Waals surface area (Å²) in [5.41, 5.74) is 2.92. The summed E-state index contributed by atoms with van der Waals surface area (Å²) in [7, 11) is 1.60. The van der Waals surface area contributed by atoms with Crippen LogP contribution in [0.2, 0.25) is 5.02 Å². The molecule has 0 unspecified atom stereocenters. The second kappa shape index (κ2) is 8.57. The van der Waals surface area contributed by atoms with Gasteiger partial charge in [-0.15, -0.1) is 0 Å². The number of nitrogens with zero attached hydrogens (tertiary/aromatic N) is 3. The van der Waals surface area contributed by atoms with Crippen molar-refractivity contribution >= 4 is 36.7 Å². The Hall–Kier alpha value is -2.99. The van der Waals surface area contributed by atoms with Gasteiger partial charge >= 0.3 is 178 Å². The summed E-state index contributed by atoms with van der Waals surface area (Å²) in [6, 6.07) is 16.6. The molecule has 144 valence electrons. The van der Waals surface area contributed by atoms with Crippen molar-refractivity contribution in [1.29, 1.82) is 0 Å². The number of methoxy groups -OCH3 is 1. The molecule has 8 heteroatoms. The first-order valence-electron chi connectivity index (χ1n) is 8.64. The maximum atomic E-state index is 13.0. The van der Waals surface area contributed by atoms with Crippen LogP contribution in [0.5, 0.6) is 5.75 Å². The molecule has 0 spiro atoms. The molecule has 2 heterocycles. The average Bonchev–Trinajstić information content (AvgIpc) is 3.22. The van der Waals surface area contributed by atoms with Crippen molar-refractivity contribution < 1.29 is 9.53 Å². The number of hydrogen-bond donors (Lipinski definition) is 1. The topological polar surface area (TPSA) is 77.0 Å². The molecule has 0 saturated carbocycles. The number of ether oxygens (including phenoxy) is 1. The van der Waals surface area contributed by atoms with Gasteiger partial charge in [0.25, 0.3) is 0 Å². The van der Waals surface area contributed by atoms with Crippen LogP contribution in [0.4, 0.5) is 4.69 Å². The Kier molecular flexibility index (Phi) is 5.71. The Morgan fingerprint density at radius 1 is 1.03 bits per heavy atom. The van der Waals surface area contributed by atoms with E-state index in [1.807, 2.05) is 48.5 Å². The van der Waals surface area contributed by atoms with Crippen LogP contribution in [0.1, 0.15) is 10.4 Å². The molecule has 0 bridgehead atoms. The van der Waals surface area contributed by atoms with Gasteiger partial charge in [0.05, 0.1) is 0 Å². The number of carbonyl (C=O) groups excluding carboxylic acids is 1. The van der Waals surface area contributed by atoms with E-state index in [-0.39, 0.29) is 20.4 Å². The van der Waals surface area contributed by atoms with Crippen molar-refractivity contribution in [1.82, 2.24) is 15.2 Å². The Labute approximate surface area is 178 Å². The number of nitrogens with one attached hydrogen (secondary N) is 1. The van der Waals surface area contributed by atoms with Gasteiger partial charge in [0.1, 0.15) is 0 Å². The quantitative estimate of drug-likeness (QED) is 0.444. The normalized spacial score (nSPS) is 10.6. The number of carbonyl (C=O) groups is 1. The van der Waals surface area contributed by atoms with E-state index in [0.29, 0.717) is 26.6 Å². The van der Waals surface area contributed by atoms with Gasteiger partial charge in [-0.2, -0.15) is 0 Å². The van der Waals surface area contributed by atoms with E-state index in [1.165, 1.54) is 0 Å². The van der Waals surface area contributed by atoms with Gasteiger partial charge in [-0.25, -0.2) is 0 Å². The molecule has 0 aliphatic rings. The molecule has 29 heavy (non-hydrogen) atoms. The monoisotopic (exact) mass is 470 g/mol. The number of anilines is 1. The van der Waals surface area contributed by atoms with E-state index in [0.717, 1.165) is 15.7 Å². The second-order valence-electron chi connectivity index (χ2n) is 5.99. The van der Waals surface area contributed by atoms with Gasteiger partial charge in [-0.1, -0.05) is 0 Å². The van der Waals surface area contributed by atoms with Crippen molar-refractivity contribution in [2.24, 2.45) is 0 Å². The Bertz CT molecular complexity index is 1160. The zero-order valence-electron chi connectivity index (χ0n) is 15.3. The van der Waals surface area contributed by atoms with Crippen LogP contribution in [-0.4, -0.2) is 42.7 Å². The van der Waals surface area contributed by atoms with Crippen LogP contribution in [0.3, 0.4) is 0 Å². The van der Waals surface area contributed by atoms with E-state index in [1.54, 1.807) is 25.6 Å². The second-order valence-corrected chi connectivity index (χ2v) is 8.48. The molecular weight excluding hydrogens is 455 g/mol. The number of amides is 1. The SMILES string of the molecule is COc1ccccc1-c1cnccc1C(=O)Nc1nnc(-c2ccc(Cl)cc2)[se]1. The van der Waals surface area contributed by atoms with E-state index < -0.39 is 0 Å². The number of halogens is 1. The van der Waals surface area contributed by atoms with Gasteiger partial charge in [0.2, 0.25) is 0 Å². The summed E-state index contributed by atoms with van der Waals surface area (Å²) in [5, 5.41) is 11.9. The third-order valence-corrected chi connectivity index (χ3v) is 6.31. The van der Waals surface area contributed by atoms with Gasteiger partial charge < -0.3 is 0 Å². The van der Waals surface area contributed by atoms with Crippen molar-refractivity contribution in [2.45, 2.75) is 0 Å². The molecule has 0 aliphatic heterocycles. The number of para-hydroxylation sites is 1. The number of aromatic nitrogens is 3. The van der Waals surface area contributed by atoms with E-state index in [4.69, 9.17) is 16.3 Å². The fraction of sp³-hybridized carbons (Fsp3) is 0.0476. The van der Waals surface area contributed by atoms with Crippen LogP contribution in [0.15, 0.2) is 67.0 Å². The number of hydrogen-bond acceptors (Lipinski definition) is 5. The molecule has 0 fully saturated rings. The third kappa shape index (κ3) is 4.22.